The van der Waals surface area contributed by atoms with E-state index < -0.39 is 23.5 Å². The lowest BCUT2D eigenvalue weighted by molar-refractivity contribution is -0.140. The van der Waals surface area contributed by atoms with Gasteiger partial charge in [-0.2, -0.15) is 13.2 Å². The van der Waals surface area contributed by atoms with Crippen LogP contribution in [0, 0.1) is 17.7 Å². The molecule has 1 fully saturated rings. The number of ether oxygens (including phenoxy) is 1. The Morgan fingerprint density at radius 3 is 2.17 bits per heavy atom. The monoisotopic (exact) mass is 430 g/mol. The molecule has 0 bridgehead atoms. The molecule has 2 nitrogen and oxygen atoms in total. The van der Waals surface area contributed by atoms with Gasteiger partial charge in [0.25, 0.3) is 0 Å². The molecule has 0 aromatic heterocycles. The standard InChI is InChI=1S/C24H34F4O2/c1-2-3-4-5-6-7-8-18-9-11-19(12-10-18)13-16-23(29)30-20-14-15-21(22(25)17-20)24(26,27)28/h14-15,17-19H,2-13,16H2,1H3/t18-,19-. The van der Waals surface area contributed by atoms with Gasteiger partial charge in [0.05, 0.1) is 5.56 Å². The summed E-state index contributed by atoms with van der Waals surface area (Å²) in [4.78, 5) is 12.0. The minimum absolute atomic E-state index is 0.187. The number of halogens is 4. The summed E-state index contributed by atoms with van der Waals surface area (Å²) in [7, 11) is 0. The number of rotatable bonds is 11. The predicted octanol–water partition coefficient (Wildman–Crippen LogP) is 8.09. The fraction of sp³-hybridized carbons (Fsp3) is 0.708. The lowest BCUT2D eigenvalue weighted by Crippen LogP contribution is -2.17. The van der Waals surface area contributed by atoms with E-state index in [1.807, 2.05) is 0 Å². The maximum atomic E-state index is 13.6. The van der Waals surface area contributed by atoms with Crippen molar-refractivity contribution in [3.8, 4) is 5.75 Å². The minimum Gasteiger partial charge on any atom is -0.426 e. The van der Waals surface area contributed by atoms with Crippen LogP contribution in [-0.2, 0) is 11.0 Å². The van der Waals surface area contributed by atoms with Gasteiger partial charge in [0.1, 0.15) is 11.6 Å². The molecule has 0 heterocycles. The summed E-state index contributed by atoms with van der Waals surface area (Å²) < 4.78 is 56.3. The van der Waals surface area contributed by atoms with Crippen LogP contribution in [0.5, 0.6) is 5.75 Å². The van der Waals surface area contributed by atoms with Crippen molar-refractivity contribution in [1.82, 2.24) is 0 Å². The van der Waals surface area contributed by atoms with Crippen molar-refractivity contribution in [1.29, 1.82) is 0 Å². The third-order valence-electron chi connectivity index (χ3n) is 6.17. The van der Waals surface area contributed by atoms with Gasteiger partial charge in [-0.1, -0.05) is 77.6 Å². The van der Waals surface area contributed by atoms with Gasteiger partial charge in [-0.15, -0.1) is 0 Å². The number of unbranched alkanes of at least 4 members (excludes halogenated alkanes) is 5. The van der Waals surface area contributed by atoms with Crippen LogP contribution < -0.4 is 4.74 Å². The Balaban J connectivity index is 1.63. The van der Waals surface area contributed by atoms with E-state index in [2.05, 4.69) is 6.92 Å². The van der Waals surface area contributed by atoms with Crippen LogP contribution in [0.4, 0.5) is 17.6 Å². The van der Waals surface area contributed by atoms with E-state index in [9.17, 15) is 22.4 Å². The molecule has 1 aromatic rings. The van der Waals surface area contributed by atoms with Crippen molar-refractivity contribution in [3.63, 3.8) is 0 Å². The topological polar surface area (TPSA) is 26.3 Å². The summed E-state index contributed by atoms with van der Waals surface area (Å²) in [6.45, 7) is 2.23. The van der Waals surface area contributed by atoms with Crippen LogP contribution in [-0.4, -0.2) is 5.97 Å². The van der Waals surface area contributed by atoms with E-state index in [-0.39, 0.29) is 12.2 Å². The van der Waals surface area contributed by atoms with Crippen LogP contribution >= 0.6 is 0 Å². The van der Waals surface area contributed by atoms with Crippen molar-refractivity contribution in [2.45, 2.75) is 96.6 Å². The Hall–Kier alpha value is -1.59. The lowest BCUT2D eigenvalue weighted by atomic mass is 9.78. The van der Waals surface area contributed by atoms with Gasteiger partial charge < -0.3 is 4.74 Å². The van der Waals surface area contributed by atoms with Crippen LogP contribution in [0.2, 0.25) is 0 Å². The summed E-state index contributed by atoms with van der Waals surface area (Å²) in [5, 5.41) is 0. The zero-order valence-corrected chi connectivity index (χ0v) is 17.9. The summed E-state index contributed by atoms with van der Waals surface area (Å²) in [5.74, 6) is -0.856. The highest BCUT2D eigenvalue weighted by Crippen LogP contribution is 2.35. The molecule has 2 rings (SSSR count). The molecule has 0 N–H and O–H groups in total. The molecule has 0 saturated heterocycles. The zero-order chi connectivity index (χ0) is 22.0. The van der Waals surface area contributed by atoms with E-state index in [1.54, 1.807) is 0 Å². The largest absolute Gasteiger partial charge is 0.426 e. The van der Waals surface area contributed by atoms with Gasteiger partial charge >= 0.3 is 12.1 Å². The normalized spacial score (nSPS) is 19.6. The molecule has 6 heteroatoms. The number of benzene rings is 1. The molecule has 1 saturated carbocycles. The number of esters is 1. The van der Waals surface area contributed by atoms with Crippen molar-refractivity contribution in [3.05, 3.63) is 29.6 Å². The molecule has 1 aromatic carbocycles. The second kappa shape index (κ2) is 12.3. The van der Waals surface area contributed by atoms with Crippen molar-refractivity contribution in [2.24, 2.45) is 11.8 Å². The predicted molar refractivity (Wildman–Crippen MR) is 110 cm³/mol. The first-order valence-corrected chi connectivity index (χ1v) is 11.4. The highest BCUT2D eigenvalue weighted by atomic mass is 19.4. The van der Waals surface area contributed by atoms with Gasteiger partial charge in [-0.25, -0.2) is 4.39 Å². The quantitative estimate of drug-likeness (QED) is 0.153. The average molecular weight is 431 g/mol. The van der Waals surface area contributed by atoms with Crippen LogP contribution in [0.15, 0.2) is 18.2 Å². The highest BCUT2D eigenvalue weighted by Gasteiger charge is 2.34. The van der Waals surface area contributed by atoms with Gasteiger partial charge in [0, 0.05) is 12.5 Å². The third kappa shape index (κ3) is 8.65. The van der Waals surface area contributed by atoms with Crippen molar-refractivity contribution < 1.29 is 27.1 Å². The van der Waals surface area contributed by atoms with Crippen LogP contribution in [0.25, 0.3) is 0 Å². The van der Waals surface area contributed by atoms with Crippen molar-refractivity contribution >= 4 is 5.97 Å². The molecule has 0 aliphatic heterocycles. The summed E-state index contributed by atoms with van der Waals surface area (Å²) in [5.41, 5.74) is -1.36. The first-order chi connectivity index (χ1) is 14.3. The minimum atomic E-state index is -4.76. The number of carbonyl (C=O) groups is 1. The van der Waals surface area contributed by atoms with Crippen molar-refractivity contribution in [2.75, 3.05) is 0 Å². The Bertz CT molecular complexity index is 649. The number of hydrogen-bond acceptors (Lipinski definition) is 2. The fourth-order valence-corrected chi connectivity index (χ4v) is 4.32. The van der Waals surface area contributed by atoms with E-state index in [1.165, 1.54) is 57.8 Å². The first kappa shape index (κ1) is 24.7. The third-order valence-corrected chi connectivity index (χ3v) is 6.17. The summed E-state index contributed by atoms with van der Waals surface area (Å²) >= 11 is 0. The Kier molecular flexibility index (Phi) is 10.1. The van der Waals surface area contributed by atoms with E-state index in [0.29, 0.717) is 24.5 Å². The maximum absolute atomic E-state index is 13.6. The molecular weight excluding hydrogens is 396 g/mol. The summed E-state index contributed by atoms with van der Waals surface area (Å²) in [6, 6.07) is 2.20. The molecular formula is C24H34F4O2. The van der Waals surface area contributed by atoms with Gasteiger partial charge in [0.2, 0.25) is 0 Å². The van der Waals surface area contributed by atoms with Gasteiger partial charge in [-0.3, -0.25) is 4.79 Å². The molecule has 170 valence electrons. The Morgan fingerprint density at radius 1 is 0.967 bits per heavy atom. The van der Waals surface area contributed by atoms with E-state index in [0.717, 1.165) is 24.8 Å². The molecule has 0 radical (unpaired) electrons. The SMILES string of the molecule is CCCCCCCC[C@H]1CC[C@H](CCC(=O)Oc2ccc(C(F)(F)F)c(F)c2)CC1. The first-order valence-electron chi connectivity index (χ1n) is 11.4. The molecule has 0 amide bonds. The Labute approximate surface area is 177 Å². The molecule has 0 spiro atoms. The second-order valence-corrected chi connectivity index (χ2v) is 8.60. The Morgan fingerprint density at radius 2 is 1.57 bits per heavy atom. The molecule has 1 aliphatic carbocycles. The van der Waals surface area contributed by atoms with E-state index in [4.69, 9.17) is 4.74 Å². The van der Waals surface area contributed by atoms with Crippen LogP contribution in [0.1, 0.15) is 96.0 Å². The smallest absolute Gasteiger partial charge is 0.419 e. The number of alkyl halides is 3. The van der Waals surface area contributed by atoms with Crippen LogP contribution in [0.3, 0.4) is 0 Å². The number of carbonyl (C=O) groups excluding carboxylic acids is 1. The molecule has 1 aliphatic rings. The highest BCUT2D eigenvalue weighted by molar-refractivity contribution is 5.72. The lowest BCUT2D eigenvalue weighted by Gasteiger charge is -2.28. The maximum Gasteiger partial charge on any atom is 0.419 e. The molecule has 0 atom stereocenters. The van der Waals surface area contributed by atoms with Gasteiger partial charge in [0.15, 0.2) is 0 Å². The average Bonchev–Trinajstić information content (AvgIpc) is 2.69. The second-order valence-electron chi connectivity index (χ2n) is 8.60. The van der Waals surface area contributed by atoms with E-state index >= 15 is 0 Å². The fourth-order valence-electron chi connectivity index (χ4n) is 4.32. The molecule has 0 unspecified atom stereocenters. The number of hydrogen-bond donors (Lipinski definition) is 0. The van der Waals surface area contributed by atoms with Gasteiger partial charge in [-0.05, 0) is 30.4 Å². The molecule has 30 heavy (non-hydrogen) atoms. The zero-order valence-electron chi connectivity index (χ0n) is 17.9. The summed E-state index contributed by atoms with van der Waals surface area (Å²) in [6.07, 6.45) is 10.0.